The number of hydrogen-bond donors (Lipinski definition) is 0. The summed E-state index contributed by atoms with van der Waals surface area (Å²) in [5, 5.41) is 1.10. The fourth-order valence-corrected chi connectivity index (χ4v) is 4.51. The molecule has 1 aromatic heterocycles. The number of aryl methyl sites for hydroxylation is 1. The molecule has 162 valence electrons. The number of anilines is 2. The number of nitrogens with zero attached hydrogens (tertiary/aromatic N) is 4. The highest BCUT2D eigenvalue weighted by atomic mass is 16.5. The lowest BCUT2D eigenvalue weighted by atomic mass is 10.1. The first-order valence-corrected chi connectivity index (χ1v) is 11.1. The van der Waals surface area contributed by atoms with Gasteiger partial charge in [0.1, 0.15) is 11.6 Å². The van der Waals surface area contributed by atoms with Gasteiger partial charge in [-0.2, -0.15) is 0 Å². The molecule has 32 heavy (non-hydrogen) atoms. The molecule has 0 saturated carbocycles. The van der Waals surface area contributed by atoms with Crippen LogP contribution in [0.5, 0.6) is 5.75 Å². The van der Waals surface area contributed by atoms with Crippen LogP contribution in [0.4, 0.5) is 11.5 Å². The molecule has 0 aliphatic carbocycles. The van der Waals surface area contributed by atoms with Gasteiger partial charge in [0.25, 0.3) is 0 Å². The molecule has 1 aliphatic rings. The summed E-state index contributed by atoms with van der Waals surface area (Å²) >= 11 is 0. The maximum atomic E-state index is 5.31. The number of aromatic nitrogens is 2. The Labute approximate surface area is 189 Å². The lowest BCUT2D eigenvalue weighted by Gasteiger charge is -2.42. The van der Waals surface area contributed by atoms with Crippen molar-refractivity contribution >= 4 is 22.4 Å². The number of para-hydroxylation sites is 1. The average molecular weight is 425 g/mol. The van der Waals surface area contributed by atoms with Gasteiger partial charge in [-0.1, -0.05) is 24.3 Å². The van der Waals surface area contributed by atoms with Crippen molar-refractivity contribution < 1.29 is 4.74 Å². The van der Waals surface area contributed by atoms with E-state index in [1.165, 1.54) is 11.3 Å². The summed E-state index contributed by atoms with van der Waals surface area (Å²) in [5.41, 5.74) is 4.55. The smallest absolute Gasteiger partial charge is 0.162 e. The molecule has 3 aromatic carbocycles. The van der Waals surface area contributed by atoms with E-state index in [0.29, 0.717) is 6.04 Å². The first kappa shape index (κ1) is 20.3. The van der Waals surface area contributed by atoms with Gasteiger partial charge in [0, 0.05) is 42.3 Å². The second-order valence-corrected chi connectivity index (χ2v) is 8.44. The van der Waals surface area contributed by atoms with E-state index >= 15 is 0 Å². The molecule has 0 amide bonds. The van der Waals surface area contributed by atoms with Crippen LogP contribution in [-0.4, -0.2) is 42.8 Å². The van der Waals surface area contributed by atoms with Crippen LogP contribution in [0.25, 0.3) is 22.3 Å². The highest BCUT2D eigenvalue weighted by Gasteiger charge is 2.26. The van der Waals surface area contributed by atoms with Crippen LogP contribution in [0.1, 0.15) is 12.5 Å². The Morgan fingerprint density at radius 3 is 2.47 bits per heavy atom. The fraction of sp³-hybridized carbons (Fsp3) is 0.259. The van der Waals surface area contributed by atoms with Gasteiger partial charge >= 0.3 is 0 Å². The Balaban J connectivity index is 1.49. The summed E-state index contributed by atoms with van der Waals surface area (Å²) in [5.74, 6) is 2.59. The van der Waals surface area contributed by atoms with Gasteiger partial charge in [0.15, 0.2) is 5.82 Å². The predicted octanol–water partition coefficient (Wildman–Crippen LogP) is 5.33. The van der Waals surface area contributed by atoms with Crippen LogP contribution in [0.2, 0.25) is 0 Å². The number of ether oxygens (including phenoxy) is 1. The largest absolute Gasteiger partial charge is 0.497 e. The molecule has 0 radical (unpaired) electrons. The van der Waals surface area contributed by atoms with Gasteiger partial charge < -0.3 is 14.5 Å². The first-order chi connectivity index (χ1) is 15.6. The molecular weight excluding hydrogens is 396 g/mol. The van der Waals surface area contributed by atoms with Crippen LogP contribution < -0.4 is 14.5 Å². The third-order valence-electron chi connectivity index (χ3n) is 6.19. The Kier molecular flexibility index (Phi) is 5.39. The minimum atomic E-state index is 0.378. The zero-order valence-electron chi connectivity index (χ0n) is 18.8. The Hall–Kier alpha value is -3.60. The van der Waals surface area contributed by atoms with Crippen LogP contribution in [0.3, 0.4) is 0 Å². The standard InChI is InChI=1S/C27H28N4O/c1-19-7-6-8-22(17-19)31-16-15-30(18-20(31)2)27-24-9-4-5-10-25(24)28-26(29-27)21-11-13-23(32-3)14-12-21/h4-14,17,20H,15-16,18H2,1-3H3. The van der Waals surface area contributed by atoms with E-state index in [2.05, 4.69) is 66.1 Å². The number of benzene rings is 3. The van der Waals surface area contributed by atoms with Crippen molar-refractivity contribution in [1.82, 2.24) is 9.97 Å². The lowest BCUT2D eigenvalue weighted by molar-refractivity contribution is 0.415. The molecule has 2 heterocycles. The van der Waals surface area contributed by atoms with Crippen LogP contribution in [0, 0.1) is 6.92 Å². The van der Waals surface area contributed by atoms with Gasteiger partial charge in [-0.15, -0.1) is 0 Å². The van der Waals surface area contributed by atoms with Crippen LogP contribution >= 0.6 is 0 Å². The summed E-state index contributed by atoms with van der Waals surface area (Å²) < 4.78 is 5.31. The molecule has 1 saturated heterocycles. The number of methoxy groups -OCH3 is 1. The molecule has 5 heteroatoms. The minimum Gasteiger partial charge on any atom is -0.497 e. The molecule has 5 rings (SSSR count). The number of rotatable bonds is 4. The second-order valence-electron chi connectivity index (χ2n) is 8.44. The number of hydrogen-bond acceptors (Lipinski definition) is 5. The van der Waals surface area contributed by atoms with Crippen molar-refractivity contribution in [3.8, 4) is 17.1 Å². The van der Waals surface area contributed by atoms with Gasteiger partial charge in [-0.05, 0) is 67.9 Å². The van der Waals surface area contributed by atoms with E-state index < -0.39 is 0 Å². The first-order valence-electron chi connectivity index (χ1n) is 11.1. The van der Waals surface area contributed by atoms with Crippen molar-refractivity contribution in [2.45, 2.75) is 19.9 Å². The molecule has 0 N–H and O–H groups in total. The van der Waals surface area contributed by atoms with Crippen LogP contribution in [0.15, 0.2) is 72.8 Å². The summed E-state index contributed by atoms with van der Waals surface area (Å²) in [6.07, 6.45) is 0. The number of fused-ring (bicyclic) bond motifs is 1. The summed E-state index contributed by atoms with van der Waals surface area (Å²) in [7, 11) is 1.68. The number of piperazine rings is 1. The Bertz CT molecular complexity index is 1240. The van der Waals surface area contributed by atoms with Crippen molar-refractivity contribution in [3.63, 3.8) is 0 Å². The Morgan fingerprint density at radius 2 is 1.72 bits per heavy atom. The molecule has 1 fully saturated rings. The van der Waals surface area contributed by atoms with E-state index in [1.54, 1.807) is 7.11 Å². The van der Waals surface area contributed by atoms with E-state index in [-0.39, 0.29) is 0 Å². The molecule has 1 unspecified atom stereocenters. The van der Waals surface area contributed by atoms with E-state index in [9.17, 15) is 0 Å². The maximum absolute atomic E-state index is 5.31. The van der Waals surface area contributed by atoms with Gasteiger partial charge in [0.05, 0.1) is 12.6 Å². The zero-order chi connectivity index (χ0) is 22.1. The third-order valence-corrected chi connectivity index (χ3v) is 6.19. The van der Waals surface area contributed by atoms with Crippen LogP contribution in [-0.2, 0) is 0 Å². The van der Waals surface area contributed by atoms with Crippen molar-refractivity contribution in [2.24, 2.45) is 0 Å². The normalized spacial score (nSPS) is 16.4. The fourth-order valence-electron chi connectivity index (χ4n) is 4.51. The van der Waals surface area contributed by atoms with E-state index in [0.717, 1.165) is 53.5 Å². The highest BCUT2D eigenvalue weighted by Crippen LogP contribution is 2.31. The summed E-state index contributed by atoms with van der Waals surface area (Å²) in [4.78, 5) is 14.8. The van der Waals surface area contributed by atoms with Gasteiger partial charge in [-0.25, -0.2) is 9.97 Å². The molecule has 1 atom stereocenters. The summed E-state index contributed by atoms with van der Waals surface area (Å²) in [6, 6.07) is 25.4. The SMILES string of the molecule is COc1ccc(-c2nc(N3CCN(c4cccc(C)c4)C(C)C3)c3ccccc3n2)cc1. The van der Waals surface area contributed by atoms with Crippen molar-refractivity contribution in [2.75, 3.05) is 36.5 Å². The molecule has 0 bridgehead atoms. The third kappa shape index (κ3) is 3.86. The molecule has 1 aliphatic heterocycles. The highest BCUT2D eigenvalue weighted by molar-refractivity contribution is 5.91. The predicted molar refractivity (Wildman–Crippen MR) is 132 cm³/mol. The molecule has 0 spiro atoms. The maximum Gasteiger partial charge on any atom is 0.162 e. The average Bonchev–Trinajstić information content (AvgIpc) is 2.83. The molecule has 5 nitrogen and oxygen atoms in total. The van der Waals surface area contributed by atoms with E-state index in [1.807, 2.05) is 30.3 Å². The quantitative estimate of drug-likeness (QED) is 0.443. The van der Waals surface area contributed by atoms with Crippen molar-refractivity contribution in [1.29, 1.82) is 0 Å². The van der Waals surface area contributed by atoms with E-state index in [4.69, 9.17) is 14.7 Å². The summed E-state index contributed by atoms with van der Waals surface area (Å²) in [6.45, 7) is 7.24. The van der Waals surface area contributed by atoms with Gasteiger partial charge in [-0.3, -0.25) is 0 Å². The van der Waals surface area contributed by atoms with Crippen molar-refractivity contribution in [3.05, 3.63) is 78.4 Å². The topological polar surface area (TPSA) is 41.5 Å². The Morgan fingerprint density at radius 1 is 0.906 bits per heavy atom. The molecule has 4 aromatic rings. The monoisotopic (exact) mass is 424 g/mol. The minimum absolute atomic E-state index is 0.378. The zero-order valence-corrected chi connectivity index (χ0v) is 18.8. The second kappa shape index (κ2) is 8.50. The lowest BCUT2D eigenvalue weighted by Crippen LogP contribution is -2.52. The van der Waals surface area contributed by atoms with Gasteiger partial charge in [0.2, 0.25) is 0 Å². The molecular formula is C27H28N4O.